The van der Waals surface area contributed by atoms with E-state index < -0.39 is 0 Å². The molecule has 0 bridgehead atoms. The van der Waals surface area contributed by atoms with Crippen LogP contribution in [0.1, 0.15) is 43.6 Å². The molecular weight excluding hydrogens is 174 g/mol. The molecule has 0 N–H and O–H groups in total. The molecule has 0 spiro atoms. The van der Waals surface area contributed by atoms with Crippen molar-refractivity contribution in [2.24, 2.45) is 5.92 Å². The Balaban J connectivity index is 2.51. The number of rotatable bonds is 5. The molecule has 0 saturated carbocycles. The molecule has 1 unspecified atom stereocenters. The molecule has 0 aliphatic carbocycles. The highest BCUT2D eigenvalue weighted by Crippen LogP contribution is 2.12. The van der Waals surface area contributed by atoms with E-state index in [1.807, 2.05) is 12.1 Å². The van der Waals surface area contributed by atoms with Crippen molar-refractivity contribution in [3.05, 3.63) is 30.1 Å². The van der Waals surface area contributed by atoms with Crippen molar-refractivity contribution < 1.29 is 4.79 Å². The Bertz CT molecular complexity index is 282. The summed E-state index contributed by atoms with van der Waals surface area (Å²) in [6, 6.07) is 5.46. The number of aromatic nitrogens is 1. The number of ketones is 1. The molecule has 0 radical (unpaired) electrons. The van der Waals surface area contributed by atoms with Gasteiger partial charge in [0.2, 0.25) is 0 Å². The van der Waals surface area contributed by atoms with Gasteiger partial charge in [-0.05, 0) is 18.1 Å². The van der Waals surface area contributed by atoms with Crippen LogP contribution in [0.2, 0.25) is 0 Å². The third-order valence-electron chi connectivity index (χ3n) is 2.27. The Morgan fingerprint density at radius 3 is 2.86 bits per heavy atom. The number of carbonyl (C=O) groups excluding carboxylic acids is 1. The van der Waals surface area contributed by atoms with Crippen molar-refractivity contribution in [1.29, 1.82) is 0 Å². The molecule has 2 heteroatoms. The average molecular weight is 191 g/mol. The summed E-state index contributed by atoms with van der Waals surface area (Å²) in [5.74, 6) is 0.626. The Morgan fingerprint density at radius 2 is 2.29 bits per heavy atom. The van der Waals surface area contributed by atoms with Crippen LogP contribution in [-0.2, 0) is 0 Å². The third kappa shape index (κ3) is 3.29. The van der Waals surface area contributed by atoms with Gasteiger partial charge in [0.25, 0.3) is 0 Å². The largest absolute Gasteiger partial charge is 0.292 e. The quantitative estimate of drug-likeness (QED) is 0.669. The SMILES string of the molecule is CCCC(C)CC(=O)c1ccccn1. The monoisotopic (exact) mass is 191 g/mol. The van der Waals surface area contributed by atoms with Gasteiger partial charge >= 0.3 is 0 Å². The maximum Gasteiger partial charge on any atom is 0.181 e. The van der Waals surface area contributed by atoms with Crippen LogP contribution in [-0.4, -0.2) is 10.8 Å². The van der Waals surface area contributed by atoms with Gasteiger partial charge in [-0.1, -0.05) is 32.8 Å². The van der Waals surface area contributed by atoms with Gasteiger partial charge < -0.3 is 0 Å². The highest BCUT2D eigenvalue weighted by molar-refractivity contribution is 5.94. The van der Waals surface area contributed by atoms with Gasteiger partial charge in [-0.3, -0.25) is 9.78 Å². The normalized spacial score (nSPS) is 12.4. The molecule has 1 heterocycles. The summed E-state index contributed by atoms with van der Waals surface area (Å²) in [6.07, 6.45) is 4.53. The topological polar surface area (TPSA) is 30.0 Å². The summed E-state index contributed by atoms with van der Waals surface area (Å²) in [7, 11) is 0. The van der Waals surface area contributed by atoms with E-state index in [1.165, 1.54) is 0 Å². The summed E-state index contributed by atoms with van der Waals surface area (Å²) in [5, 5.41) is 0. The summed E-state index contributed by atoms with van der Waals surface area (Å²) >= 11 is 0. The van der Waals surface area contributed by atoms with Gasteiger partial charge in [0.1, 0.15) is 5.69 Å². The fourth-order valence-corrected chi connectivity index (χ4v) is 1.54. The Morgan fingerprint density at radius 1 is 1.50 bits per heavy atom. The molecule has 1 atom stereocenters. The van der Waals surface area contributed by atoms with Crippen molar-refractivity contribution in [2.45, 2.75) is 33.1 Å². The molecule has 0 amide bonds. The lowest BCUT2D eigenvalue weighted by Gasteiger charge is -2.07. The van der Waals surface area contributed by atoms with Crippen molar-refractivity contribution >= 4 is 5.78 Å². The molecule has 0 fully saturated rings. The number of carbonyl (C=O) groups is 1. The van der Waals surface area contributed by atoms with E-state index in [9.17, 15) is 4.79 Å². The summed E-state index contributed by atoms with van der Waals surface area (Å²) in [4.78, 5) is 15.7. The summed E-state index contributed by atoms with van der Waals surface area (Å²) in [5.41, 5.74) is 0.593. The van der Waals surface area contributed by atoms with Crippen LogP contribution in [0.15, 0.2) is 24.4 Å². The first kappa shape index (κ1) is 10.9. The van der Waals surface area contributed by atoms with E-state index in [4.69, 9.17) is 0 Å². The van der Waals surface area contributed by atoms with Gasteiger partial charge in [0.15, 0.2) is 5.78 Å². The van der Waals surface area contributed by atoms with E-state index in [0.29, 0.717) is 18.0 Å². The van der Waals surface area contributed by atoms with E-state index in [1.54, 1.807) is 12.3 Å². The van der Waals surface area contributed by atoms with Gasteiger partial charge in [-0.25, -0.2) is 0 Å². The van der Waals surface area contributed by atoms with Crippen molar-refractivity contribution in [1.82, 2.24) is 4.98 Å². The molecule has 0 aliphatic heterocycles. The van der Waals surface area contributed by atoms with Crippen LogP contribution >= 0.6 is 0 Å². The first-order valence-electron chi connectivity index (χ1n) is 5.18. The molecule has 76 valence electrons. The molecular formula is C12H17NO. The van der Waals surface area contributed by atoms with Crippen LogP contribution in [0.25, 0.3) is 0 Å². The van der Waals surface area contributed by atoms with Crippen LogP contribution < -0.4 is 0 Å². The van der Waals surface area contributed by atoms with Crippen molar-refractivity contribution in [3.8, 4) is 0 Å². The van der Waals surface area contributed by atoms with E-state index in [-0.39, 0.29) is 5.78 Å². The summed E-state index contributed by atoms with van der Waals surface area (Å²) in [6.45, 7) is 4.26. The second-order valence-electron chi connectivity index (χ2n) is 3.74. The first-order chi connectivity index (χ1) is 6.74. The minimum absolute atomic E-state index is 0.159. The lowest BCUT2D eigenvalue weighted by Crippen LogP contribution is -2.07. The van der Waals surface area contributed by atoms with Gasteiger partial charge in [-0.15, -0.1) is 0 Å². The minimum Gasteiger partial charge on any atom is -0.292 e. The van der Waals surface area contributed by atoms with E-state index in [2.05, 4.69) is 18.8 Å². The molecule has 2 nitrogen and oxygen atoms in total. The zero-order valence-electron chi connectivity index (χ0n) is 8.86. The fourth-order valence-electron chi connectivity index (χ4n) is 1.54. The summed E-state index contributed by atoms with van der Waals surface area (Å²) < 4.78 is 0. The molecule has 14 heavy (non-hydrogen) atoms. The second-order valence-corrected chi connectivity index (χ2v) is 3.74. The fraction of sp³-hybridized carbons (Fsp3) is 0.500. The molecule has 1 aromatic heterocycles. The number of nitrogens with zero attached hydrogens (tertiary/aromatic N) is 1. The maximum atomic E-state index is 11.7. The van der Waals surface area contributed by atoms with Crippen LogP contribution in [0, 0.1) is 5.92 Å². The Labute approximate surface area is 85.4 Å². The van der Waals surface area contributed by atoms with Gasteiger partial charge in [0, 0.05) is 12.6 Å². The molecule has 1 rings (SSSR count). The second kappa shape index (κ2) is 5.53. The lowest BCUT2D eigenvalue weighted by atomic mass is 9.98. The number of pyridine rings is 1. The van der Waals surface area contributed by atoms with Crippen LogP contribution in [0.4, 0.5) is 0 Å². The zero-order valence-corrected chi connectivity index (χ0v) is 8.86. The van der Waals surface area contributed by atoms with Crippen LogP contribution in [0.3, 0.4) is 0 Å². The first-order valence-corrected chi connectivity index (χ1v) is 5.18. The highest BCUT2D eigenvalue weighted by atomic mass is 16.1. The zero-order chi connectivity index (χ0) is 10.4. The van der Waals surface area contributed by atoms with Gasteiger partial charge in [0.05, 0.1) is 0 Å². The molecule has 0 aromatic carbocycles. The van der Waals surface area contributed by atoms with E-state index >= 15 is 0 Å². The predicted octanol–water partition coefficient (Wildman–Crippen LogP) is 3.09. The van der Waals surface area contributed by atoms with Crippen molar-refractivity contribution in [2.75, 3.05) is 0 Å². The average Bonchev–Trinajstić information content (AvgIpc) is 2.19. The maximum absolute atomic E-state index is 11.7. The highest BCUT2D eigenvalue weighted by Gasteiger charge is 2.10. The van der Waals surface area contributed by atoms with Crippen LogP contribution in [0.5, 0.6) is 0 Å². The Hall–Kier alpha value is -1.18. The number of hydrogen-bond acceptors (Lipinski definition) is 2. The Kier molecular flexibility index (Phi) is 4.30. The third-order valence-corrected chi connectivity index (χ3v) is 2.27. The van der Waals surface area contributed by atoms with Gasteiger partial charge in [-0.2, -0.15) is 0 Å². The number of Topliss-reactive ketones (excluding diaryl/α,β-unsaturated/α-hetero) is 1. The standard InChI is InChI=1S/C12H17NO/c1-3-6-10(2)9-12(14)11-7-4-5-8-13-11/h4-5,7-8,10H,3,6,9H2,1-2H3. The predicted molar refractivity (Wildman–Crippen MR) is 57.3 cm³/mol. The van der Waals surface area contributed by atoms with Crippen molar-refractivity contribution in [3.63, 3.8) is 0 Å². The minimum atomic E-state index is 0.159. The lowest BCUT2D eigenvalue weighted by molar-refractivity contribution is 0.0957. The number of hydrogen-bond donors (Lipinski definition) is 0. The smallest absolute Gasteiger partial charge is 0.181 e. The molecule has 1 aromatic rings. The molecule has 0 aliphatic rings. The van der Waals surface area contributed by atoms with E-state index in [0.717, 1.165) is 12.8 Å². The molecule has 0 saturated heterocycles.